The minimum absolute atomic E-state index is 0.0597. The van der Waals surface area contributed by atoms with Crippen molar-refractivity contribution >= 4 is 5.97 Å². The van der Waals surface area contributed by atoms with Crippen LogP contribution in [-0.2, 0) is 6.54 Å². The lowest BCUT2D eigenvalue weighted by Crippen LogP contribution is -2.23. The van der Waals surface area contributed by atoms with Gasteiger partial charge in [-0.2, -0.15) is 0 Å². The van der Waals surface area contributed by atoms with Crippen molar-refractivity contribution in [1.29, 1.82) is 0 Å². The van der Waals surface area contributed by atoms with E-state index in [1.54, 1.807) is 13.0 Å². The van der Waals surface area contributed by atoms with Crippen LogP contribution in [0.2, 0.25) is 0 Å². The molecular formula is C14H21NO3. The van der Waals surface area contributed by atoms with E-state index in [0.29, 0.717) is 17.9 Å². The number of hydrogen-bond acceptors (Lipinski definition) is 3. The molecule has 1 aromatic rings. The molecule has 1 fully saturated rings. The molecule has 0 bridgehead atoms. The molecule has 1 saturated carbocycles. The van der Waals surface area contributed by atoms with Gasteiger partial charge in [-0.15, -0.1) is 0 Å². The molecule has 0 unspecified atom stereocenters. The van der Waals surface area contributed by atoms with E-state index < -0.39 is 5.97 Å². The maximum Gasteiger partial charge on any atom is 0.372 e. The Morgan fingerprint density at radius 3 is 2.78 bits per heavy atom. The second-order valence-electron chi connectivity index (χ2n) is 5.16. The zero-order chi connectivity index (χ0) is 13.0. The summed E-state index contributed by atoms with van der Waals surface area (Å²) in [6.45, 7) is 3.38. The summed E-state index contributed by atoms with van der Waals surface area (Å²) in [5.74, 6) is 0.546. The monoisotopic (exact) mass is 251 g/mol. The van der Waals surface area contributed by atoms with Crippen LogP contribution in [0.5, 0.6) is 0 Å². The second kappa shape index (κ2) is 6.05. The highest BCUT2D eigenvalue weighted by Crippen LogP contribution is 2.23. The van der Waals surface area contributed by atoms with Crippen molar-refractivity contribution in [3.63, 3.8) is 0 Å². The number of hydrogen-bond donors (Lipinski definition) is 2. The smallest absolute Gasteiger partial charge is 0.372 e. The van der Waals surface area contributed by atoms with Gasteiger partial charge in [0.25, 0.3) is 0 Å². The fourth-order valence-electron chi connectivity index (χ4n) is 2.64. The van der Waals surface area contributed by atoms with Gasteiger partial charge in [0.05, 0.1) is 6.54 Å². The van der Waals surface area contributed by atoms with Gasteiger partial charge in [-0.1, -0.05) is 19.3 Å². The van der Waals surface area contributed by atoms with Crippen LogP contribution in [-0.4, -0.2) is 17.6 Å². The van der Waals surface area contributed by atoms with Crippen LogP contribution in [0.4, 0.5) is 0 Å². The van der Waals surface area contributed by atoms with Crippen molar-refractivity contribution in [1.82, 2.24) is 5.32 Å². The number of nitrogens with one attached hydrogen (secondary N) is 1. The van der Waals surface area contributed by atoms with Gasteiger partial charge in [0.1, 0.15) is 5.76 Å². The second-order valence-corrected chi connectivity index (χ2v) is 5.16. The standard InChI is InChI=1S/C14H21NO3/c1-10-7-12(18-13(10)14(16)17)9-15-8-11-5-3-2-4-6-11/h7,11,15H,2-6,8-9H2,1H3,(H,16,17). The normalized spacial score (nSPS) is 16.9. The molecule has 0 aliphatic heterocycles. The molecule has 1 heterocycles. The molecule has 4 nitrogen and oxygen atoms in total. The molecule has 2 N–H and O–H groups in total. The Morgan fingerprint density at radius 1 is 1.44 bits per heavy atom. The van der Waals surface area contributed by atoms with Gasteiger partial charge in [-0.3, -0.25) is 0 Å². The van der Waals surface area contributed by atoms with E-state index in [-0.39, 0.29) is 5.76 Å². The number of furan rings is 1. The van der Waals surface area contributed by atoms with Gasteiger partial charge in [0.15, 0.2) is 0 Å². The van der Waals surface area contributed by atoms with Crippen molar-refractivity contribution in [2.75, 3.05) is 6.54 Å². The zero-order valence-electron chi connectivity index (χ0n) is 10.9. The molecule has 4 heteroatoms. The highest BCUT2D eigenvalue weighted by molar-refractivity contribution is 5.86. The number of aromatic carboxylic acids is 1. The van der Waals surface area contributed by atoms with Crippen LogP contribution in [0.15, 0.2) is 10.5 Å². The Morgan fingerprint density at radius 2 is 2.17 bits per heavy atom. The molecule has 1 aliphatic carbocycles. The van der Waals surface area contributed by atoms with Gasteiger partial charge in [0.2, 0.25) is 5.76 Å². The number of aryl methyl sites for hydroxylation is 1. The lowest BCUT2D eigenvalue weighted by atomic mass is 9.89. The van der Waals surface area contributed by atoms with E-state index in [2.05, 4.69) is 5.32 Å². The summed E-state index contributed by atoms with van der Waals surface area (Å²) in [7, 11) is 0. The van der Waals surface area contributed by atoms with Crippen molar-refractivity contribution in [3.8, 4) is 0 Å². The predicted molar refractivity (Wildman–Crippen MR) is 68.7 cm³/mol. The van der Waals surface area contributed by atoms with E-state index in [9.17, 15) is 4.79 Å². The molecule has 0 aromatic carbocycles. The summed E-state index contributed by atoms with van der Waals surface area (Å²) < 4.78 is 5.30. The number of rotatable bonds is 5. The van der Waals surface area contributed by atoms with Crippen molar-refractivity contribution in [3.05, 3.63) is 23.2 Å². The molecule has 2 rings (SSSR count). The Bertz CT molecular complexity index is 405. The Labute approximate surface area is 107 Å². The van der Waals surface area contributed by atoms with Crippen molar-refractivity contribution < 1.29 is 14.3 Å². The van der Waals surface area contributed by atoms with Crippen LogP contribution >= 0.6 is 0 Å². The molecule has 0 atom stereocenters. The van der Waals surface area contributed by atoms with Crippen molar-refractivity contribution in [2.24, 2.45) is 5.92 Å². The van der Waals surface area contributed by atoms with Gasteiger partial charge < -0.3 is 14.8 Å². The summed E-state index contributed by atoms with van der Waals surface area (Å²) in [6.07, 6.45) is 6.68. The van der Waals surface area contributed by atoms with Gasteiger partial charge in [-0.25, -0.2) is 4.79 Å². The maximum atomic E-state index is 10.8. The molecule has 0 amide bonds. The number of carboxylic acids is 1. The Hall–Kier alpha value is -1.29. The van der Waals surface area contributed by atoms with Crippen LogP contribution in [0.1, 0.15) is 54.0 Å². The van der Waals surface area contributed by atoms with E-state index in [0.717, 1.165) is 12.5 Å². The highest BCUT2D eigenvalue weighted by atomic mass is 16.4. The first-order valence-electron chi connectivity index (χ1n) is 6.70. The van der Waals surface area contributed by atoms with E-state index in [4.69, 9.17) is 9.52 Å². The predicted octanol–water partition coefficient (Wildman–Crippen LogP) is 2.96. The van der Waals surface area contributed by atoms with Crippen LogP contribution < -0.4 is 5.32 Å². The minimum Gasteiger partial charge on any atom is -0.475 e. The molecule has 1 aliphatic rings. The summed E-state index contributed by atoms with van der Waals surface area (Å²) in [6, 6.07) is 1.80. The Balaban J connectivity index is 1.79. The third-order valence-electron chi connectivity index (χ3n) is 3.62. The average molecular weight is 251 g/mol. The number of carbonyl (C=O) groups is 1. The molecule has 0 spiro atoms. The molecule has 0 radical (unpaired) electrons. The number of carboxylic acid groups (broad SMARTS) is 1. The summed E-state index contributed by atoms with van der Waals surface area (Å²) in [5, 5.41) is 12.3. The minimum atomic E-state index is -0.994. The average Bonchev–Trinajstić information content (AvgIpc) is 2.72. The SMILES string of the molecule is Cc1cc(CNCC2CCCCC2)oc1C(=O)O. The van der Waals surface area contributed by atoms with Crippen molar-refractivity contribution in [2.45, 2.75) is 45.6 Å². The lowest BCUT2D eigenvalue weighted by Gasteiger charge is -2.21. The molecular weight excluding hydrogens is 230 g/mol. The van der Waals surface area contributed by atoms with E-state index in [1.807, 2.05) is 0 Å². The third kappa shape index (κ3) is 3.35. The fraction of sp³-hybridized carbons (Fsp3) is 0.643. The molecule has 1 aromatic heterocycles. The third-order valence-corrected chi connectivity index (χ3v) is 3.62. The van der Waals surface area contributed by atoms with Gasteiger partial charge in [0, 0.05) is 5.56 Å². The topological polar surface area (TPSA) is 62.5 Å². The van der Waals surface area contributed by atoms with Crippen LogP contribution in [0.3, 0.4) is 0 Å². The van der Waals surface area contributed by atoms with E-state index >= 15 is 0 Å². The lowest BCUT2D eigenvalue weighted by molar-refractivity contribution is 0.0659. The Kier molecular flexibility index (Phi) is 4.42. The van der Waals surface area contributed by atoms with E-state index in [1.165, 1.54) is 32.1 Å². The molecule has 18 heavy (non-hydrogen) atoms. The summed E-state index contributed by atoms with van der Waals surface area (Å²) in [5.41, 5.74) is 0.692. The summed E-state index contributed by atoms with van der Waals surface area (Å²) in [4.78, 5) is 10.8. The highest BCUT2D eigenvalue weighted by Gasteiger charge is 2.15. The largest absolute Gasteiger partial charge is 0.475 e. The molecule has 100 valence electrons. The first-order chi connectivity index (χ1) is 8.66. The zero-order valence-corrected chi connectivity index (χ0v) is 10.9. The quantitative estimate of drug-likeness (QED) is 0.844. The fourth-order valence-corrected chi connectivity index (χ4v) is 2.64. The maximum absolute atomic E-state index is 10.8. The van der Waals surface area contributed by atoms with Gasteiger partial charge in [-0.05, 0) is 38.3 Å². The first kappa shape index (κ1) is 13.1. The molecule has 0 saturated heterocycles. The first-order valence-corrected chi connectivity index (χ1v) is 6.70. The van der Waals surface area contributed by atoms with Crippen LogP contribution in [0.25, 0.3) is 0 Å². The summed E-state index contributed by atoms with van der Waals surface area (Å²) >= 11 is 0. The van der Waals surface area contributed by atoms with Gasteiger partial charge >= 0.3 is 5.97 Å². The van der Waals surface area contributed by atoms with Crippen LogP contribution in [0, 0.1) is 12.8 Å².